The van der Waals surface area contributed by atoms with Crippen LogP contribution in [0.3, 0.4) is 0 Å². The summed E-state index contributed by atoms with van der Waals surface area (Å²) in [6.45, 7) is 0.540. The number of ether oxygens (including phenoxy) is 1. The maximum atomic E-state index is 12.5. The van der Waals surface area contributed by atoms with Crippen molar-refractivity contribution in [3.63, 3.8) is 0 Å². The third kappa shape index (κ3) is 5.13. The number of hydrogen-bond donors (Lipinski definition) is 2. The third-order valence-corrected chi connectivity index (χ3v) is 5.62. The molecule has 1 heterocycles. The largest absolute Gasteiger partial charge is 0.497 e. The number of rotatable bonds is 7. The Balaban J connectivity index is 1.38. The Bertz CT molecular complexity index is 1240. The zero-order chi connectivity index (χ0) is 22.5. The minimum atomic E-state index is -0.116. The van der Waals surface area contributed by atoms with E-state index >= 15 is 0 Å². The van der Waals surface area contributed by atoms with E-state index in [9.17, 15) is 4.79 Å². The molecule has 5 nitrogen and oxygen atoms in total. The smallest absolute Gasteiger partial charge is 0.251 e. The maximum Gasteiger partial charge on any atom is 0.251 e. The molecule has 4 aromatic rings. The quantitative estimate of drug-likeness (QED) is 0.350. The predicted octanol–water partition coefficient (Wildman–Crippen LogP) is 6.03. The van der Waals surface area contributed by atoms with Crippen LogP contribution in [0.4, 0.5) is 0 Å². The number of H-pyrrole nitrogens is 1. The number of hydrogen-bond acceptors (Lipinski definition) is 3. The highest BCUT2D eigenvalue weighted by atomic mass is 35.5. The molecule has 3 aromatic carbocycles. The number of aromatic amines is 1. The summed E-state index contributed by atoms with van der Waals surface area (Å²) in [6, 6.07) is 22.4. The molecular weight excluding hydrogens is 445 g/mol. The Kier molecular flexibility index (Phi) is 6.78. The molecule has 0 saturated carbocycles. The van der Waals surface area contributed by atoms with Gasteiger partial charge >= 0.3 is 0 Å². The number of halogens is 2. The van der Waals surface area contributed by atoms with Gasteiger partial charge in [0.15, 0.2) is 0 Å². The average Bonchev–Trinajstić information content (AvgIpc) is 3.29. The van der Waals surface area contributed by atoms with E-state index in [1.54, 1.807) is 31.4 Å². The Morgan fingerprint density at radius 1 is 1.03 bits per heavy atom. The molecular formula is C25H21Cl2N3O2. The Morgan fingerprint density at radius 2 is 1.84 bits per heavy atom. The second-order valence-electron chi connectivity index (χ2n) is 7.23. The van der Waals surface area contributed by atoms with Crippen molar-refractivity contribution in [3.05, 3.63) is 94.0 Å². The van der Waals surface area contributed by atoms with Gasteiger partial charge in [-0.3, -0.25) is 9.89 Å². The second kappa shape index (κ2) is 9.90. The lowest BCUT2D eigenvalue weighted by Crippen LogP contribution is -2.25. The molecule has 0 unspecified atom stereocenters. The van der Waals surface area contributed by atoms with Crippen LogP contribution in [-0.4, -0.2) is 29.8 Å². The Hall–Kier alpha value is -3.28. The molecule has 2 N–H and O–H groups in total. The van der Waals surface area contributed by atoms with Crippen molar-refractivity contribution in [2.45, 2.75) is 6.42 Å². The van der Waals surface area contributed by atoms with E-state index in [0.717, 1.165) is 40.2 Å². The first kappa shape index (κ1) is 21.9. The van der Waals surface area contributed by atoms with E-state index in [4.69, 9.17) is 27.9 Å². The lowest BCUT2D eigenvalue weighted by atomic mass is 10.1. The average molecular weight is 466 g/mol. The molecule has 0 bridgehead atoms. The van der Waals surface area contributed by atoms with Crippen molar-refractivity contribution < 1.29 is 9.53 Å². The minimum absolute atomic E-state index is 0.116. The topological polar surface area (TPSA) is 67.0 Å². The molecule has 0 radical (unpaired) electrons. The fourth-order valence-corrected chi connectivity index (χ4v) is 3.87. The van der Waals surface area contributed by atoms with Crippen LogP contribution in [-0.2, 0) is 6.42 Å². The fourth-order valence-electron chi connectivity index (χ4n) is 3.36. The van der Waals surface area contributed by atoms with Crippen molar-refractivity contribution in [2.24, 2.45) is 0 Å². The summed E-state index contributed by atoms with van der Waals surface area (Å²) in [7, 11) is 1.64. The zero-order valence-corrected chi connectivity index (χ0v) is 18.9. The molecule has 0 aliphatic heterocycles. The van der Waals surface area contributed by atoms with Crippen LogP contribution in [0.1, 0.15) is 15.9 Å². The number of amides is 1. The van der Waals surface area contributed by atoms with Gasteiger partial charge in [-0.1, -0.05) is 47.5 Å². The Morgan fingerprint density at radius 3 is 2.59 bits per heavy atom. The van der Waals surface area contributed by atoms with E-state index in [1.165, 1.54) is 0 Å². The fraction of sp³-hybridized carbons (Fsp3) is 0.120. The molecule has 0 spiro atoms. The molecule has 1 amide bonds. The second-order valence-corrected chi connectivity index (χ2v) is 8.07. The molecule has 0 fully saturated rings. The van der Waals surface area contributed by atoms with Gasteiger partial charge in [0, 0.05) is 28.3 Å². The first-order valence-electron chi connectivity index (χ1n) is 10.1. The van der Waals surface area contributed by atoms with Crippen LogP contribution in [0.15, 0.2) is 72.8 Å². The number of methoxy groups -OCH3 is 1. The van der Waals surface area contributed by atoms with Crippen molar-refractivity contribution in [1.29, 1.82) is 0 Å². The predicted molar refractivity (Wildman–Crippen MR) is 129 cm³/mol. The highest BCUT2D eigenvalue weighted by Crippen LogP contribution is 2.31. The number of nitrogens with zero attached hydrogens (tertiary/aromatic N) is 1. The van der Waals surface area contributed by atoms with Crippen molar-refractivity contribution in [3.8, 4) is 28.3 Å². The van der Waals surface area contributed by atoms with E-state index in [-0.39, 0.29) is 5.91 Å². The SMILES string of the molecule is COc1cccc(CCNC(=O)c2ccc(-c3cc(-c4ccc(Cl)cc4Cl)[nH]n3)cc2)c1. The number of carbonyl (C=O) groups is 1. The summed E-state index contributed by atoms with van der Waals surface area (Å²) in [5, 5.41) is 11.5. The first-order valence-corrected chi connectivity index (χ1v) is 10.8. The van der Waals surface area contributed by atoms with Crippen LogP contribution >= 0.6 is 23.2 Å². The Labute approximate surface area is 196 Å². The number of benzene rings is 3. The van der Waals surface area contributed by atoms with Gasteiger partial charge in [0.2, 0.25) is 0 Å². The molecule has 1 aromatic heterocycles. The summed E-state index contributed by atoms with van der Waals surface area (Å²) in [4.78, 5) is 12.5. The molecule has 0 aliphatic carbocycles. The van der Waals surface area contributed by atoms with Gasteiger partial charge in [-0.2, -0.15) is 5.10 Å². The lowest BCUT2D eigenvalue weighted by molar-refractivity contribution is 0.0954. The number of carbonyl (C=O) groups excluding carboxylic acids is 1. The zero-order valence-electron chi connectivity index (χ0n) is 17.4. The van der Waals surface area contributed by atoms with Crippen molar-refractivity contribution >= 4 is 29.1 Å². The van der Waals surface area contributed by atoms with Crippen LogP contribution in [0.25, 0.3) is 22.5 Å². The van der Waals surface area contributed by atoms with E-state index in [2.05, 4.69) is 15.5 Å². The highest BCUT2D eigenvalue weighted by Gasteiger charge is 2.11. The summed E-state index contributed by atoms with van der Waals surface area (Å²) < 4.78 is 5.23. The lowest BCUT2D eigenvalue weighted by Gasteiger charge is -2.07. The maximum absolute atomic E-state index is 12.5. The van der Waals surface area contributed by atoms with Gasteiger partial charge in [0.05, 0.1) is 23.5 Å². The summed E-state index contributed by atoms with van der Waals surface area (Å²) in [5.41, 5.74) is 4.97. The molecule has 162 valence electrons. The monoisotopic (exact) mass is 465 g/mol. The van der Waals surface area contributed by atoms with Crippen LogP contribution in [0, 0.1) is 0 Å². The summed E-state index contributed by atoms with van der Waals surface area (Å²) in [6.07, 6.45) is 0.727. The van der Waals surface area contributed by atoms with E-state index in [0.29, 0.717) is 22.2 Å². The molecule has 32 heavy (non-hydrogen) atoms. The van der Waals surface area contributed by atoms with Gasteiger partial charge in [0.1, 0.15) is 5.75 Å². The normalized spacial score (nSPS) is 10.7. The molecule has 4 rings (SSSR count). The van der Waals surface area contributed by atoms with Crippen LogP contribution < -0.4 is 10.1 Å². The van der Waals surface area contributed by atoms with E-state index < -0.39 is 0 Å². The standard InChI is InChI=1S/C25H21Cl2N3O2/c1-32-20-4-2-3-16(13-20)11-12-28-25(31)18-7-5-17(6-8-18)23-15-24(30-29-23)21-10-9-19(26)14-22(21)27/h2-10,13-15H,11-12H2,1H3,(H,28,31)(H,29,30). The van der Waals surface area contributed by atoms with Gasteiger partial charge < -0.3 is 10.1 Å². The van der Waals surface area contributed by atoms with Gasteiger partial charge in [0.25, 0.3) is 5.91 Å². The number of nitrogens with one attached hydrogen (secondary N) is 2. The van der Waals surface area contributed by atoms with Gasteiger partial charge in [-0.15, -0.1) is 0 Å². The first-order chi connectivity index (χ1) is 15.5. The minimum Gasteiger partial charge on any atom is -0.497 e. The van der Waals surface area contributed by atoms with Crippen LogP contribution in [0.2, 0.25) is 10.0 Å². The van der Waals surface area contributed by atoms with Crippen molar-refractivity contribution in [1.82, 2.24) is 15.5 Å². The molecule has 0 aliphatic rings. The van der Waals surface area contributed by atoms with Crippen LogP contribution in [0.5, 0.6) is 5.75 Å². The van der Waals surface area contributed by atoms with Gasteiger partial charge in [-0.25, -0.2) is 0 Å². The van der Waals surface area contributed by atoms with E-state index in [1.807, 2.05) is 48.5 Å². The third-order valence-electron chi connectivity index (χ3n) is 5.08. The molecule has 0 saturated heterocycles. The van der Waals surface area contributed by atoms with Crippen molar-refractivity contribution in [2.75, 3.05) is 13.7 Å². The van der Waals surface area contributed by atoms with Gasteiger partial charge in [-0.05, 0) is 60.5 Å². The molecule has 0 atom stereocenters. The molecule has 7 heteroatoms. The summed E-state index contributed by atoms with van der Waals surface area (Å²) >= 11 is 12.3. The summed E-state index contributed by atoms with van der Waals surface area (Å²) in [5.74, 6) is 0.694. The highest BCUT2D eigenvalue weighted by molar-refractivity contribution is 6.36. The number of aromatic nitrogens is 2.